The van der Waals surface area contributed by atoms with Crippen LogP contribution >= 0.6 is 0 Å². The Labute approximate surface area is 40.3 Å². The Morgan fingerprint density at radius 3 is 1.67 bits per heavy atom. The highest BCUT2D eigenvalue weighted by Crippen LogP contribution is 1.92. The topological polar surface area (TPSA) is 46.2 Å². The molecule has 0 bridgehead atoms. The summed E-state index contributed by atoms with van der Waals surface area (Å²) in [6.07, 6.45) is 0. The third-order valence-corrected chi connectivity index (χ3v) is 3.60. The number of hydrogen-bond acceptors (Lipinski definition) is 2. The Morgan fingerprint density at radius 2 is 1.67 bits per heavy atom. The molecule has 2 atom stereocenters. The molecule has 1 N–H and O–H groups in total. The van der Waals surface area contributed by atoms with Crippen molar-refractivity contribution in [2.75, 3.05) is 5.08 Å². The van der Waals surface area contributed by atoms with Gasteiger partial charge >= 0.3 is 0 Å². The quantitative estimate of drug-likeness (QED) is 0.445. The Balaban J connectivity index is 2.47. The minimum absolute atomic E-state index is 0.306. The summed E-state index contributed by atoms with van der Waals surface area (Å²) in [4.78, 5) is 0. The molecule has 1 heterocycles. The van der Waals surface area contributed by atoms with Gasteiger partial charge in [0, 0.05) is 0 Å². The first-order chi connectivity index (χ1) is 2.79. The Hall–Kier alpha value is 0.260. The number of hydrogen-bond donors (Lipinski definition) is 1. The van der Waals surface area contributed by atoms with Gasteiger partial charge < -0.3 is 0 Å². The molecule has 3 nitrogen and oxygen atoms in total. The summed E-state index contributed by atoms with van der Waals surface area (Å²) in [5.74, 6) is 0. The summed E-state index contributed by atoms with van der Waals surface area (Å²) in [5.41, 5.74) is 0. The van der Waals surface area contributed by atoms with Gasteiger partial charge in [0.15, 0.2) is 0 Å². The highest BCUT2D eigenvalue weighted by Gasteiger charge is 2.17. The lowest BCUT2D eigenvalue weighted by atomic mass is 11.9. The lowest BCUT2D eigenvalue weighted by Gasteiger charge is -2.09. The summed E-state index contributed by atoms with van der Waals surface area (Å²) in [5, 5.41) is 0.306. The van der Waals surface area contributed by atoms with E-state index >= 15 is 0 Å². The van der Waals surface area contributed by atoms with Crippen molar-refractivity contribution >= 4 is 22.0 Å². The van der Waals surface area contributed by atoms with Crippen LogP contribution in [0.5, 0.6) is 0 Å². The van der Waals surface area contributed by atoms with Crippen molar-refractivity contribution in [3.63, 3.8) is 0 Å². The molecule has 2 unspecified atom stereocenters. The molecule has 1 saturated heterocycles. The maximum atomic E-state index is 9.92. The summed E-state index contributed by atoms with van der Waals surface area (Å²) < 4.78 is 22.1. The van der Waals surface area contributed by atoms with Crippen molar-refractivity contribution < 1.29 is 8.42 Å². The minimum Gasteiger partial charge on any atom is -0.241 e. The zero-order valence-corrected chi connectivity index (χ0v) is 4.47. The average molecular weight is 125 g/mol. The van der Waals surface area contributed by atoms with Crippen LogP contribution in [-0.2, 0) is 22.0 Å². The lowest BCUT2D eigenvalue weighted by molar-refractivity contribution is 0.666. The van der Waals surface area contributed by atoms with Gasteiger partial charge in [0.1, 0.15) is 27.1 Å². The van der Waals surface area contributed by atoms with Gasteiger partial charge in [-0.3, -0.25) is 0 Å². The molecular weight excluding hydrogens is 122 g/mol. The van der Waals surface area contributed by atoms with Crippen LogP contribution in [0.3, 0.4) is 0 Å². The minimum atomic E-state index is -0.972. The van der Waals surface area contributed by atoms with Gasteiger partial charge in [-0.2, -0.15) is 4.13 Å². The van der Waals surface area contributed by atoms with Crippen molar-refractivity contribution in [1.29, 1.82) is 0 Å². The maximum absolute atomic E-state index is 9.92. The largest absolute Gasteiger partial charge is 0.241 e. The van der Waals surface area contributed by atoms with E-state index in [4.69, 9.17) is 0 Å². The van der Waals surface area contributed by atoms with Gasteiger partial charge in [0.05, 0.1) is 0 Å². The molecule has 0 aromatic rings. The molecule has 1 fully saturated rings. The predicted molar refractivity (Wildman–Crippen MR) is 24.3 cm³/mol. The number of nitrogens with one attached hydrogen (secondary N) is 1. The Bertz CT molecular complexity index is 88.1. The van der Waals surface area contributed by atoms with Crippen LogP contribution in [0.4, 0.5) is 0 Å². The second-order valence-corrected chi connectivity index (χ2v) is 3.88. The highest BCUT2D eigenvalue weighted by molar-refractivity contribution is 8.14. The van der Waals surface area contributed by atoms with E-state index in [1.807, 2.05) is 0 Å². The van der Waals surface area contributed by atoms with Gasteiger partial charge in [0.2, 0.25) is 0 Å². The van der Waals surface area contributed by atoms with E-state index in [1.54, 1.807) is 0 Å². The van der Waals surface area contributed by atoms with Crippen LogP contribution in [0.2, 0.25) is 0 Å². The fraction of sp³-hybridized carbons (Fsp3) is 1.00. The Kier molecular flexibility index (Phi) is 1.03. The summed E-state index contributed by atoms with van der Waals surface area (Å²) in [6.45, 7) is 0. The van der Waals surface area contributed by atoms with Crippen molar-refractivity contribution in [2.45, 2.75) is 0 Å². The van der Waals surface area contributed by atoms with E-state index in [1.165, 1.54) is 0 Å². The van der Waals surface area contributed by atoms with E-state index in [2.05, 4.69) is 4.13 Å². The van der Waals surface area contributed by atoms with Crippen molar-refractivity contribution in [3.05, 3.63) is 0 Å². The third-order valence-electron chi connectivity index (χ3n) is 0.400. The smallest absolute Gasteiger partial charge is 0.130 e. The maximum Gasteiger partial charge on any atom is 0.130 e. The number of rotatable bonds is 0. The first kappa shape index (κ1) is 4.42. The summed E-state index contributed by atoms with van der Waals surface area (Å²) in [7, 11) is -1.94. The SMILES string of the molecule is O=S1CS(=O)N1. The fourth-order valence-electron chi connectivity index (χ4n) is 0.189. The van der Waals surface area contributed by atoms with Gasteiger partial charge in [-0.1, -0.05) is 0 Å². The van der Waals surface area contributed by atoms with Gasteiger partial charge in [0.25, 0.3) is 0 Å². The molecule has 5 heteroatoms. The van der Waals surface area contributed by atoms with E-state index < -0.39 is 22.0 Å². The van der Waals surface area contributed by atoms with E-state index in [0.29, 0.717) is 5.08 Å². The van der Waals surface area contributed by atoms with Crippen LogP contribution in [0, 0.1) is 0 Å². The van der Waals surface area contributed by atoms with Crippen molar-refractivity contribution in [1.82, 2.24) is 4.13 Å². The fourth-order valence-corrected chi connectivity index (χ4v) is 1.70. The highest BCUT2D eigenvalue weighted by atomic mass is 32.3. The van der Waals surface area contributed by atoms with Crippen molar-refractivity contribution in [3.8, 4) is 0 Å². The van der Waals surface area contributed by atoms with Gasteiger partial charge in [-0.25, -0.2) is 8.42 Å². The van der Waals surface area contributed by atoms with E-state index in [0.717, 1.165) is 0 Å². The lowest BCUT2D eigenvalue weighted by Crippen LogP contribution is -2.37. The second-order valence-electron chi connectivity index (χ2n) is 0.892. The predicted octanol–water partition coefficient (Wildman–Crippen LogP) is -1.13. The van der Waals surface area contributed by atoms with Gasteiger partial charge in [-0.05, 0) is 0 Å². The second kappa shape index (κ2) is 1.40. The molecule has 0 radical (unpaired) electrons. The molecule has 1 rings (SSSR count). The Morgan fingerprint density at radius 1 is 1.33 bits per heavy atom. The molecule has 1 aliphatic rings. The standard InChI is InChI=1S/CH3NO2S2/c3-5-1-6(4)2-5/h2H,1H2. The summed E-state index contributed by atoms with van der Waals surface area (Å²) in [6, 6.07) is 0. The molecule has 0 aliphatic carbocycles. The molecular formula is CH3NO2S2. The molecule has 0 aromatic carbocycles. The zero-order valence-electron chi connectivity index (χ0n) is 2.84. The van der Waals surface area contributed by atoms with E-state index in [9.17, 15) is 8.42 Å². The molecule has 1 aliphatic heterocycles. The molecule has 6 heavy (non-hydrogen) atoms. The first-order valence-electron chi connectivity index (χ1n) is 1.32. The average Bonchev–Trinajstić information content (AvgIpc) is 1.33. The molecule has 36 valence electrons. The van der Waals surface area contributed by atoms with Crippen LogP contribution in [0.25, 0.3) is 0 Å². The van der Waals surface area contributed by atoms with Crippen LogP contribution < -0.4 is 4.13 Å². The van der Waals surface area contributed by atoms with Crippen molar-refractivity contribution in [2.24, 2.45) is 0 Å². The molecule has 0 spiro atoms. The third kappa shape index (κ3) is 0.664. The van der Waals surface area contributed by atoms with Crippen LogP contribution in [-0.4, -0.2) is 13.5 Å². The zero-order chi connectivity index (χ0) is 4.57. The molecule has 0 amide bonds. The van der Waals surface area contributed by atoms with Crippen LogP contribution in [0.15, 0.2) is 0 Å². The van der Waals surface area contributed by atoms with Crippen LogP contribution in [0.1, 0.15) is 0 Å². The first-order valence-corrected chi connectivity index (χ1v) is 3.96. The van der Waals surface area contributed by atoms with E-state index in [-0.39, 0.29) is 0 Å². The summed E-state index contributed by atoms with van der Waals surface area (Å²) >= 11 is 0. The monoisotopic (exact) mass is 125 g/mol. The molecule has 0 aromatic heterocycles. The normalized spacial score (nSPS) is 44.7. The molecule has 0 saturated carbocycles. The van der Waals surface area contributed by atoms with Gasteiger partial charge in [-0.15, -0.1) is 0 Å².